The van der Waals surface area contributed by atoms with Gasteiger partial charge in [-0.3, -0.25) is 4.79 Å². The number of hydrogen-bond acceptors (Lipinski definition) is 3. The summed E-state index contributed by atoms with van der Waals surface area (Å²) >= 11 is 5.82. The molecular weight excluding hydrogens is 312 g/mol. The van der Waals surface area contributed by atoms with Gasteiger partial charge in [0.2, 0.25) is 0 Å². The average molecular weight is 327 g/mol. The Bertz CT molecular complexity index is 811. The Morgan fingerprint density at radius 2 is 1.83 bits per heavy atom. The Balaban J connectivity index is 1.72. The summed E-state index contributed by atoms with van der Waals surface area (Å²) in [5.74, 6) is 0.371. The molecule has 0 bridgehead atoms. The van der Waals surface area contributed by atoms with Gasteiger partial charge in [0.25, 0.3) is 5.91 Å². The van der Waals surface area contributed by atoms with E-state index in [-0.39, 0.29) is 12.5 Å². The highest BCUT2D eigenvalue weighted by Gasteiger charge is 2.13. The number of ether oxygens (including phenoxy) is 1. The van der Waals surface area contributed by atoms with Gasteiger partial charge in [0.15, 0.2) is 6.61 Å². The number of aromatic nitrogens is 2. The minimum absolute atomic E-state index is 0.0849. The predicted molar refractivity (Wildman–Crippen MR) is 90.0 cm³/mol. The van der Waals surface area contributed by atoms with Crippen LogP contribution >= 0.6 is 11.6 Å². The topological polar surface area (TPSA) is 44.1 Å². The molecule has 0 radical (unpaired) electrons. The highest BCUT2D eigenvalue weighted by atomic mass is 35.5. The summed E-state index contributed by atoms with van der Waals surface area (Å²) in [6.07, 6.45) is 0. The van der Waals surface area contributed by atoms with Crippen LogP contribution in [0.25, 0.3) is 11.3 Å². The van der Waals surface area contributed by atoms with Crippen LogP contribution in [0.3, 0.4) is 0 Å². The fourth-order valence-electron chi connectivity index (χ4n) is 2.21. The Labute approximate surface area is 139 Å². The van der Waals surface area contributed by atoms with Crippen molar-refractivity contribution in [1.82, 2.24) is 9.78 Å². The standard InChI is InChI=1S/C18H15ClN2O2/c1-13-11-17(14-5-3-2-4-6-14)20-21(13)18(22)12-23-16-9-7-15(19)8-10-16/h2-11H,12H2,1H3. The molecule has 0 aliphatic carbocycles. The van der Waals surface area contributed by atoms with E-state index < -0.39 is 0 Å². The summed E-state index contributed by atoms with van der Waals surface area (Å²) in [5.41, 5.74) is 2.51. The molecule has 0 aliphatic heterocycles. The third-order valence-electron chi connectivity index (χ3n) is 3.37. The van der Waals surface area contributed by atoms with E-state index in [1.165, 1.54) is 4.68 Å². The molecule has 0 atom stereocenters. The van der Waals surface area contributed by atoms with Gasteiger partial charge in [-0.15, -0.1) is 0 Å². The summed E-state index contributed by atoms with van der Waals surface area (Å²) in [6.45, 7) is 1.76. The summed E-state index contributed by atoms with van der Waals surface area (Å²) in [6, 6.07) is 18.5. The Kier molecular flexibility index (Phi) is 4.44. The summed E-state index contributed by atoms with van der Waals surface area (Å²) in [4.78, 5) is 12.3. The van der Waals surface area contributed by atoms with Crippen LogP contribution in [0.4, 0.5) is 0 Å². The molecule has 0 saturated carbocycles. The lowest BCUT2D eigenvalue weighted by Gasteiger charge is -2.06. The molecule has 5 heteroatoms. The van der Waals surface area contributed by atoms with Crippen molar-refractivity contribution in [2.45, 2.75) is 6.92 Å². The number of aryl methyl sites for hydroxylation is 1. The Morgan fingerprint density at radius 3 is 2.52 bits per heavy atom. The first kappa shape index (κ1) is 15.3. The number of benzene rings is 2. The van der Waals surface area contributed by atoms with E-state index in [9.17, 15) is 4.79 Å². The minimum atomic E-state index is -0.223. The van der Waals surface area contributed by atoms with E-state index in [2.05, 4.69) is 5.10 Å². The fraction of sp³-hybridized carbons (Fsp3) is 0.111. The molecule has 0 amide bonds. The maximum atomic E-state index is 12.3. The molecule has 23 heavy (non-hydrogen) atoms. The van der Waals surface area contributed by atoms with Gasteiger partial charge in [-0.05, 0) is 37.3 Å². The van der Waals surface area contributed by atoms with Crippen LogP contribution in [0.5, 0.6) is 5.75 Å². The third-order valence-corrected chi connectivity index (χ3v) is 3.62. The number of nitrogens with zero attached hydrogens (tertiary/aromatic N) is 2. The maximum absolute atomic E-state index is 12.3. The van der Waals surface area contributed by atoms with Crippen LogP contribution in [0.2, 0.25) is 5.02 Å². The van der Waals surface area contributed by atoms with Crippen LogP contribution in [0.15, 0.2) is 60.7 Å². The molecule has 0 saturated heterocycles. The minimum Gasteiger partial charge on any atom is -0.484 e. The number of rotatable bonds is 4. The first-order valence-corrected chi connectivity index (χ1v) is 7.55. The van der Waals surface area contributed by atoms with Gasteiger partial charge < -0.3 is 4.74 Å². The van der Waals surface area contributed by atoms with Crippen molar-refractivity contribution < 1.29 is 9.53 Å². The van der Waals surface area contributed by atoms with E-state index in [0.29, 0.717) is 10.8 Å². The van der Waals surface area contributed by atoms with Gasteiger partial charge in [0.05, 0.1) is 5.69 Å². The highest BCUT2D eigenvalue weighted by Crippen LogP contribution is 2.19. The van der Waals surface area contributed by atoms with Crippen molar-refractivity contribution in [2.75, 3.05) is 6.61 Å². The Hall–Kier alpha value is -2.59. The normalized spacial score (nSPS) is 10.5. The molecule has 0 N–H and O–H groups in total. The lowest BCUT2D eigenvalue weighted by Crippen LogP contribution is -2.21. The Morgan fingerprint density at radius 1 is 1.13 bits per heavy atom. The molecule has 1 aromatic heterocycles. The van der Waals surface area contributed by atoms with Crippen molar-refractivity contribution in [3.63, 3.8) is 0 Å². The van der Waals surface area contributed by atoms with Gasteiger partial charge in [-0.2, -0.15) is 5.10 Å². The lowest BCUT2D eigenvalue weighted by molar-refractivity contribution is 0.0819. The molecule has 3 aromatic rings. The van der Waals surface area contributed by atoms with E-state index in [0.717, 1.165) is 17.0 Å². The molecule has 0 spiro atoms. The maximum Gasteiger partial charge on any atom is 0.284 e. The smallest absolute Gasteiger partial charge is 0.284 e. The molecular formula is C18H15ClN2O2. The third kappa shape index (κ3) is 3.60. The molecule has 0 aliphatic rings. The number of hydrogen-bond donors (Lipinski definition) is 0. The predicted octanol–water partition coefficient (Wildman–Crippen LogP) is 4.23. The van der Waals surface area contributed by atoms with E-state index >= 15 is 0 Å². The second kappa shape index (κ2) is 6.67. The first-order chi connectivity index (χ1) is 11.1. The van der Waals surface area contributed by atoms with Crippen LogP contribution in [-0.2, 0) is 0 Å². The van der Waals surface area contributed by atoms with Crippen LogP contribution < -0.4 is 4.74 Å². The zero-order chi connectivity index (χ0) is 16.2. The second-order valence-electron chi connectivity index (χ2n) is 5.09. The number of carbonyl (C=O) groups excluding carboxylic acids is 1. The first-order valence-electron chi connectivity index (χ1n) is 7.17. The molecule has 4 nitrogen and oxygen atoms in total. The van der Waals surface area contributed by atoms with Gasteiger partial charge in [0.1, 0.15) is 5.75 Å². The lowest BCUT2D eigenvalue weighted by atomic mass is 10.1. The molecule has 1 heterocycles. The second-order valence-corrected chi connectivity index (χ2v) is 5.52. The highest BCUT2D eigenvalue weighted by molar-refractivity contribution is 6.30. The molecule has 3 rings (SSSR count). The van der Waals surface area contributed by atoms with Crippen LogP contribution in [-0.4, -0.2) is 22.3 Å². The van der Waals surface area contributed by atoms with Gasteiger partial charge in [-0.1, -0.05) is 41.9 Å². The van der Waals surface area contributed by atoms with Crippen molar-refractivity contribution in [1.29, 1.82) is 0 Å². The fourth-order valence-corrected chi connectivity index (χ4v) is 2.34. The SMILES string of the molecule is Cc1cc(-c2ccccc2)nn1C(=O)COc1ccc(Cl)cc1. The monoisotopic (exact) mass is 326 g/mol. The zero-order valence-electron chi connectivity index (χ0n) is 12.6. The zero-order valence-corrected chi connectivity index (χ0v) is 13.3. The molecule has 0 unspecified atom stereocenters. The van der Waals surface area contributed by atoms with Crippen LogP contribution in [0.1, 0.15) is 10.5 Å². The van der Waals surface area contributed by atoms with Crippen molar-refractivity contribution in [3.05, 3.63) is 71.4 Å². The summed E-state index contributed by atoms with van der Waals surface area (Å²) in [7, 11) is 0. The van der Waals surface area contributed by atoms with Gasteiger partial charge >= 0.3 is 0 Å². The van der Waals surface area contributed by atoms with E-state index in [1.807, 2.05) is 43.3 Å². The largest absolute Gasteiger partial charge is 0.484 e. The molecule has 116 valence electrons. The molecule has 2 aromatic carbocycles. The average Bonchev–Trinajstić information content (AvgIpc) is 2.97. The number of halogens is 1. The van der Waals surface area contributed by atoms with Crippen LogP contribution in [0, 0.1) is 6.92 Å². The van der Waals surface area contributed by atoms with Gasteiger partial charge in [-0.25, -0.2) is 4.68 Å². The van der Waals surface area contributed by atoms with Gasteiger partial charge in [0, 0.05) is 16.3 Å². The quantitative estimate of drug-likeness (QED) is 0.720. The van der Waals surface area contributed by atoms with Crippen molar-refractivity contribution >= 4 is 17.5 Å². The van der Waals surface area contributed by atoms with Crippen molar-refractivity contribution in [3.8, 4) is 17.0 Å². The molecule has 0 fully saturated rings. The summed E-state index contributed by atoms with van der Waals surface area (Å²) < 4.78 is 6.85. The van der Waals surface area contributed by atoms with Crippen molar-refractivity contribution in [2.24, 2.45) is 0 Å². The van der Waals surface area contributed by atoms with E-state index in [1.54, 1.807) is 24.3 Å². The summed E-state index contributed by atoms with van der Waals surface area (Å²) in [5, 5.41) is 5.00. The van der Waals surface area contributed by atoms with E-state index in [4.69, 9.17) is 16.3 Å². The number of carbonyl (C=O) groups is 1.